The third-order valence-corrected chi connectivity index (χ3v) is 3.06. The van der Waals surface area contributed by atoms with Gasteiger partial charge in [0.25, 0.3) is 0 Å². The van der Waals surface area contributed by atoms with Gasteiger partial charge in [-0.1, -0.05) is 6.07 Å². The largest absolute Gasteiger partial charge is 0.493 e. The maximum atomic E-state index is 5.31. The van der Waals surface area contributed by atoms with Gasteiger partial charge in [-0.15, -0.1) is 0 Å². The molecule has 2 rings (SSSR count). The lowest BCUT2D eigenvalue weighted by Crippen LogP contribution is -2.18. The second-order valence-electron chi connectivity index (χ2n) is 4.30. The van der Waals surface area contributed by atoms with E-state index in [1.165, 1.54) is 0 Å². The van der Waals surface area contributed by atoms with Crippen LogP contribution < -0.4 is 14.8 Å². The van der Waals surface area contributed by atoms with E-state index in [0.717, 1.165) is 29.3 Å². The van der Waals surface area contributed by atoms with E-state index < -0.39 is 0 Å². The predicted molar refractivity (Wildman–Crippen MR) is 73.4 cm³/mol. The Morgan fingerprint density at radius 3 is 2.63 bits per heavy atom. The molecule has 102 valence electrons. The molecule has 19 heavy (non-hydrogen) atoms. The lowest BCUT2D eigenvalue weighted by molar-refractivity contribution is 0.354. The Balaban J connectivity index is 2.04. The molecule has 1 heterocycles. The van der Waals surface area contributed by atoms with Crippen LogP contribution in [0.1, 0.15) is 24.2 Å². The molecular weight excluding hydrogens is 242 g/mol. The first-order valence-electron chi connectivity index (χ1n) is 6.18. The molecule has 0 aliphatic heterocycles. The highest BCUT2D eigenvalue weighted by Gasteiger charge is 2.10. The van der Waals surface area contributed by atoms with Gasteiger partial charge in [-0.05, 0) is 30.7 Å². The Morgan fingerprint density at radius 1 is 1.21 bits per heavy atom. The first-order chi connectivity index (χ1) is 9.24. The average Bonchev–Trinajstić information content (AvgIpc) is 2.97. The molecule has 1 unspecified atom stereocenters. The number of aromatic amines is 1. The molecule has 5 nitrogen and oxygen atoms in total. The number of benzene rings is 1. The van der Waals surface area contributed by atoms with E-state index >= 15 is 0 Å². The quantitative estimate of drug-likeness (QED) is 0.837. The zero-order valence-corrected chi connectivity index (χ0v) is 11.4. The number of ether oxygens (including phenoxy) is 2. The number of methoxy groups -OCH3 is 2. The van der Waals surface area contributed by atoms with E-state index in [0.29, 0.717) is 0 Å². The Kier molecular flexibility index (Phi) is 4.41. The van der Waals surface area contributed by atoms with Crippen LogP contribution in [-0.2, 0) is 6.54 Å². The highest BCUT2D eigenvalue weighted by atomic mass is 16.5. The first kappa shape index (κ1) is 13.4. The molecule has 0 saturated carbocycles. The van der Waals surface area contributed by atoms with Crippen molar-refractivity contribution in [2.75, 3.05) is 14.2 Å². The molecule has 0 amide bonds. The summed E-state index contributed by atoms with van der Waals surface area (Å²) in [6, 6.07) is 8.11. The number of nitrogens with zero attached hydrogens (tertiary/aromatic N) is 1. The maximum absolute atomic E-state index is 5.31. The van der Waals surface area contributed by atoms with Crippen molar-refractivity contribution < 1.29 is 9.47 Å². The minimum atomic E-state index is 0.211. The van der Waals surface area contributed by atoms with Crippen LogP contribution in [0.2, 0.25) is 0 Å². The molecule has 5 heteroatoms. The molecule has 0 aliphatic rings. The SMILES string of the molecule is COc1ccc(C(C)NCc2ccn[nH]2)cc1OC. The number of rotatable bonds is 6. The van der Waals surface area contributed by atoms with Gasteiger partial charge >= 0.3 is 0 Å². The third-order valence-electron chi connectivity index (χ3n) is 3.06. The van der Waals surface area contributed by atoms with Gasteiger partial charge in [-0.3, -0.25) is 5.10 Å². The van der Waals surface area contributed by atoms with Gasteiger partial charge in [0.15, 0.2) is 11.5 Å². The lowest BCUT2D eigenvalue weighted by atomic mass is 10.1. The highest BCUT2D eigenvalue weighted by molar-refractivity contribution is 5.43. The maximum Gasteiger partial charge on any atom is 0.161 e. The Morgan fingerprint density at radius 2 is 2.00 bits per heavy atom. The van der Waals surface area contributed by atoms with Crippen molar-refractivity contribution in [2.24, 2.45) is 0 Å². The molecule has 2 N–H and O–H groups in total. The number of nitrogens with one attached hydrogen (secondary N) is 2. The molecule has 0 spiro atoms. The van der Waals surface area contributed by atoms with Crippen molar-refractivity contribution >= 4 is 0 Å². The standard InChI is InChI=1S/C14H19N3O2/c1-10(15-9-12-6-7-16-17-12)11-4-5-13(18-2)14(8-11)19-3/h4-8,10,15H,9H2,1-3H3,(H,16,17). The fraction of sp³-hybridized carbons (Fsp3) is 0.357. The second-order valence-corrected chi connectivity index (χ2v) is 4.30. The summed E-state index contributed by atoms with van der Waals surface area (Å²) in [5.74, 6) is 1.49. The van der Waals surface area contributed by atoms with E-state index in [1.54, 1.807) is 20.4 Å². The fourth-order valence-electron chi connectivity index (χ4n) is 1.89. The minimum Gasteiger partial charge on any atom is -0.493 e. The molecule has 0 bridgehead atoms. The van der Waals surface area contributed by atoms with Gasteiger partial charge in [0.2, 0.25) is 0 Å². The van der Waals surface area contributed by atoms with Crippen molar-refractivity contribution in [1.82, 2.24) is 15.5 Å². The second kappa shape index (κ2) is 6.24. The smallest absolute Gasteiger partial charge is 0.161 e. The molecule has 1 atom stereocenters. The summed E-state index contributed by atoms with van der Waals surface area (Å²) in [6.45, 7) is 2.85. The number of hydrogen-bond acceptors (Lipinski definition) is 4. The van der Waals surface area contributed by atoms with Crippen LogP contribution in [0.4, 0.5) is 0 Å². The van der Waals surface area contributed by atoms with E-state index in [1.807, 2.05) is 24.3 Å². The number of H-pyrrole nitrogens is 1. The van der Waals surface area contributed by atoms with Gasteiger partial charge in [-0.2, -0.15) is 5.10 Å². The van der Waals surface area contributed by atoms with Gasteiger partial charge in [0.1, 0.15) is 0 Å². The molecule has 0 saturated heterocycles. The van der Waals surface area contributed by atoms with E-state index in [-0.39, 0.29) is 6.04 Å². The Labute approximate surface area is 112 Å². The van der Waals surface area contributed by atoms with Crippen molar-refractivity contribution in [3.63, 3.8) is 0 Å². The molecule has 0 radical (unpaired) electrons. The van der Waals surface area contributed by atoms with Crippen molar-refractivity contribution in [3.05, 3.63) is 41.7 Å². The molecule has 2 aromatic rings. The van der Waals surface area contributed by atoms with E-state index in [4.69, 9.17) is 9.47 Å². The van der Waals surface area contributed by atoms with Crippen molar-refractivity contribution in [1.29, 1.82) is 0 Å². The minimum absolute atomic E-state index is 0.211. The number of hydrogen-bond donors (Lipinski definition) is 2. The summed E-state index contributed by atoms with van der Waals surface area (Å²) >= 11 is 0. The zero-order valence-electron chi connectivity index (χ0n) is 11.4. The molecule has 0 fully saturated rings. The van der Waals surface area contributed by atoms with Gasteiger partial charge in [0.05, 0.1) is 14.2 Å². The predicted octanol–water partition coefficient (Wildman–Crippen LogP) is 2.28. The molecule has 1 aromatic carbocycles. The molecular formula is C14H19N3O2. The fourth-order valence-corrected chi connectivity index (χ4v) is 1.89. The summed E-state index contributed by atoms with van der Waals surface area (Å²) in [4.78, 5) is 0. The van der Waals surface area contributed by atoms with E-state index in [2.05, 4.69) is 22.4 Å². The van der Waals surface area contributed by atoms with Gasteiger partial charge in [0, 0.05) is 24.5 Å². The van der Waals surface area contributed by atoms with Crippen LogP contribution >= 0.6 is 0 Å². The lowest BCUT2D eigenvalue weighted by Gasteiger charge is -2.16. The van der Waals surface area contributed by atoms with Crippen LogP contribution in [0.5, 0.6) is 11.5 Å². The van der Waals surface area contributed by atoms with Crippen LogP contribution in [-0.4, -0.2) is 24.4 Å². The van der Waals surface area contributed by atoms with Crippen LogP contribution in [0.3, 0.4) is 0 Å². The van der Waals surface area contributed by atoms with Crippen LogP contribution in [0, 0.1) is 0 Å². The number of aromatic nitrogens is 2. The Hall–Kier alpha value is -2.01. The van der Waals surface area contributed by atoms with Crippen LogP contribution in [0.25, 0.3) is 0 Å². The summed E-state index contributed by atoms with van der Waals surface area (Å²) in [5, 5.41) is 10.3. The third kappa shape index (κ3) is 3.26. The highest BCUT2D eigenvalue weighted by Crippen LogP contribution is 2.29. The summed E-state index contributed by atoms with van der Waals surface area (Å²) in [7, 11) is 3.28. The normalized spacial score (nSPS) is 12.2. The summed E-state index contributed by atoms with van der Waals surface area (Å²) in [6.07, 6.45) is 1.75. The molecule has 0 aliphatic carbocycles. The average molecular weight is 261 g/mol. The van der Waals surface area contributed by atoms with Crippen molar-refractivity contribution in [2.45, 2.75) is 19.5 Å². The van der Waals surface area contributed by atoms with E-state index in [9.17, 15) is 0 Å². The summed E-state index contributed by atoms with van der Waals surface area (Å²) < 4.78 is 10.5. The topological polar surface area (TPSA) is 59.2 Å². The zero-order chi connectivity index (χ0) is 13.7. The van der Waals surface area contributed by atoms with Gasteiger partial charge in [-0.25, -0.2) is 0 Å². The van der Waals surface area contributed by atoms with Crippen LogP contribution in [0.15, 0.2) is 30.5 Å². The first-order valence-corrected chi connectivity index (χ1v) is 6.18. The summed E-state index contributed by atoms with van der Waals surface area (Å²) in [5.41, 5.74) is 2.21. The van der Waals surface area contributed by atoms with Crippen molar-refractivity contribution in [3.8, 4) is 11.5 Å². The Bertz CT molecular complexity index is 511. The monoisotopic (exact) mass is 261 g/mol. The van der Waals surface area contributed by atoms with Gasteiger partial charge < -0.3 is 14.8 Å². The molecule has 1 aromatic heterocycles.